The normalized spacial score (nSPS) is 59.6. The van der Waals surface area contributed by atoms with Gasteiger partial charge in [0.1, 0.15) is 11.7 Å². The molecule has 0 aromatic heterocycles. The number of aliphatic hydroxyl groups is 5. The van der Waals surface area contributed by atoms with Gasteiger partial charge in [-0.3, -0.25) is 4.90 Å². The van der Waals surface area contributed by atoms with E-state index in [0.717, 1.165) is 19.4 Å². The second-order valence-electron chi connectivity index (χ2n) is 15.4. The van der Waals surface area contributed by atoms with Crippen molar-refractivity contribution in [3.8, 4) is 0 Å². The minimum atomic E-state index is -1.69. The molecule has 4 bridgehead atoms. The fourth-order valence-electron chi connectivity index (χ4n) is 11.9. The van der Waals surface area contributed by atoms with E-state index in [-0.39, 0.29) is 17.9 Å². The number of aliphatic hydroxyl groups excluding tert-OH is 2. The molecule has 5 N–H and O–H groups in total. The van der Waals surface area contributed by atoms with Gasteiger partial charge in [0, 0.05) is 47.9 Å². The van der Waals surface area contributed by atoms with Crippen LogP contribution in [0.25, 0.3) is 0 Å². The molecule has 1 spiro atoms. The molecule has 3 aliphatic heterocycles. The Bertz CT molecular complexity index is 1160. The van der Waals surface area contributed by atoms with Crippen molar-refractivity contribution in [3.63, 3.8) is 0 Å². The topological polar surface area (TPSA) is 140 Å². The van der Waals surface area contributed by atoms with Gasteiger partial charge in [-0.25, -0.2) is 4.79 Å². The van der Waals surface area contributed by atoms with E-state index in [1.54, 1.807) is 19.9 Å². The predicted octanol–water partition coefficient (Wildman–Crippen LogP) is 1.73. The average Bonchev–Trinajstić information content (AvgIpc) is 3.16. The molecule has 7 aliphatic rings. The van der Waals surface area contributed by atoms with Crippen molar-refractivity contribution < 1.29 is 39.8 Å². The number of fused-ring (bicyclic) bond motifs is 5. The van der Waals surface area contributed by atoms with Crippen LogP contribution in [0.1, 0.15) is 79.6 Å². The third-order valence-corrected chi connectivity index (χ3v) is 13.8. The Morgan fingerprint density at radius 1 is 1.02 bits per heavy atom. The van der Waals surface area contributed by atoms with Crippen molar-refractivity contribution in [2.75, 3.05) is 13.1 Å². The van der Waals surface area contributed by atoms with Crippen LogP contribution < -0.4 is 0 Å². The summed E-state index contributed by atoms with van der Waals surface area (Å²) in [7, 11) is 0. The van der Waals surface area contributed by atoms with Crippen molar-refractivity contribution in [2.24, 2.45) is 40.9 Å². The predicted molar refractivity (Wildman–Crippen MR) is 148 cm³/mol. The summed E-state index contributed by atoms with van der Waals surface area (Å²) in [6, 6.07) is -0.101. The first-order chi connectivity index (χ1) is 19.2. The number of hydrogen-bond donors (Lipinski definition) is 5. The van der Waals surface area contributed by atoms with Gasteiger partial charge in [-0.1, -0.05) is 19.9 Å². The van der Waals surface area contributed by atoms with Gasteiger partial charge >= 0.3 is 5.97 Å². The van der Waals surface area contributed by atoms with Crippen LogP contribution in [0.5, 0.6) is 0 Å². The number of piperidine rings is 2. The van der Waals surface area contributed by atoms with Gasteiger partial charge in [-0.15, -0.1) is 0 Å². The van der Waals surface area contributed by atoms with Crippen molar-refractivity contribution in [2.45, 2.75) is 127 Å². The Labute approximate surface area is 242 Å². The first-order valence-electron chi connectivity index (χ1n) is 16.0. The van der Waals surface area contributed by atoms with E-state index in [4.69, 9.17) is 9.47 Å². The van der Waals surface area contributed by atoms with Crippen LogP contribution in [0, 0.1) is 40.9 Å². The van der Waals surface area contributed by atoms with E-state index in [1.807, 2.05) is 6.92 Å². The Morgan fingerprint density at radius 2 is 1.73 bits per heavy atom. The molecule has 4 aliphatic carbocycles. The Hall–Kier alpha value is -1.07. The minimum Gasteiger partial charge on any atom is -0.453 e. The molecule has 0 aromatic carbocycles. The molecule has 3 saturated heterocycles. The van der Waals surface area contributed by atoms with Gasteiger partial charge < -0.3 is 35.0 Å². The quantitative estimate of drug-likeness (QED) is 0.246. The van der Waals surface area contributed by atoms with Crippen LogP contribution in [0.15, 0.2) is 11.6 Å². The summed E-state index contributed by atoms with van der Waals surface area (Å²) in [6.45, 7) is 11.1. The number of nitrogens with zero attached hydrogens (tertiary/aromatic N) is 1. The lowest BCUT2D eigenvalue weighted by molar-refractivity contribution is -0.292. The van der Waals surface area contributed by atoms with E-state index in [9.17, 15) is 30.3 Å². The molecular formula is C32H49NO8. The van der Waals surface area contributed by atoms with Gasteiger partial charge in [0.15, 0.2) is 6.10 Å². The lowest BCUT2D eigenvalue weighted by atomic mass is 9.49. The summed E-state index contributed by atoms with van der Waals surface area (Å²) in [5, 5.41) is 60.5. The number of carbonyl (C=O) groups excluding carboxylic acids is 1. The van der Waals surface area contributed by atoms with Crippen LogP contribution in [0.2, 0.25) is 0 Å². The summed E-state index contributed by atoms with van der Waals surface area (Å²) >= 11 is 0. The standard InChI is InChI=1S/C32H49NO8/c1-6-17(3)27(36)40-23-11-12-28(4)20-8-9-21-30(28,41-32(20,23)39)13-19-18-15-33-14-16(2)7-10-22(33)29(5,37)24(18)25(34)26(35)31(19,21)38/h6,16,18-26,34-35,37-39H,7-15H2,1-5H3/b17-6-/t16-,18-,19-,20-,21+,22-,23-,24+,25+,26-,28-,29+,30+,31-,32+/m0/s1. The van der Waals surface area contributed by atoms with Gasteiger partial charge in [-0.05, 0) is 83.5 Å². The molecule has 41 heavy (non-hydrogen) atoms. The molecule has 0 unspecified atom stereocenters. The molecule has 9 heteroatoms. The van der Waals surface area contributed by atoms with E-state index in [1.165, 1.54) is 0 Å². The summed E-state index contributed by atoms with van der Waals surface area (Å²) in [5.74, 6) is -3.71. The number of allylic oxidation sites excluding steroid dienone is 1. The molecule has 15 atom stereocenters. The summed E-state index contributed by atoms with van der Waals surface area (Å²) < 4.78 is 12.7. The smallest absolute Gasteiger partial charge is 0.333 e. The maximum Gasteiger partial charge on any atom is 0.333 e. The van der Waals surface area contributed by atoms with Crippen LogP contribution in [-0.2, 0) is 14.3 Å². The molecule has 7 fully saturated rings. The van der Waals surface area contributed by atoms with E-state index < -0.39 is 70.0 Å². The first kappa shape index (κ1) is 28.7. The highest BCUT2D eigenvalue weighted by Crippen LogP contribution is 2.77. The average molecular weight is 576 g/mol. The van der Waals surface area contributed by atoms with Gasteiger partial charge in [0.2, 0.25) is 5.79 Å². The van der Waals surface area contributed by atoms with Crippen LogP contribution in [0.4, 0.5) is 0 Å². The Morgan fingerprint density at radius 3 is 2.44 bits per heavy atom. The third-order valence-electron chi connectivity index (χ3n) is 13.8. The molecule has 3 heterocycles. The summed E-state index contributed by atoms with van der Waals surface area (Å²) in [4.78, 5) is 15.1. The molecule has 0 amide bonds. The molecule has 7 rings (SSSR count). The maximum absolute atomic E-state index is 12.8. The zero-order valence-corrected chi connectivity index (χ0v) is 25.1. The zero-order valence-electron chi connectivity index (χ0n) is 25.1. The lowest BCUT2D eigenvalue weighted by Crippen LogP contribution is -2.76. The number of hydrogen-bond acceptors (Lipinski definition) is 9. The number of ether oxygens (including phenoxy) is 2. The molecule has 9 nitrogen and oxygen atoms in total. The fraction of sp³-hybridized carbons (Fsp3) is 0.906. The Balaban J connectivity index is 1.29. The van der Waals surface area contributed by atoms with E-state index in [2.05, 4.69) is 18.7 Å². The van der Waals surface area contributed by atoms with E-state index >= 15 is 0 Å². The molecule has 0 aromatic rings. The van der Waals surface area contributed by atoms with Gasteiger partial charge in [-0.2, -0.15) is 0 Å². The highest BCUT2D eigenvalue weighted by Gasteiger charge is 2.85. The molecular weight excluding hydrogens is 526 g/mol. The second-order valence-corrected chi connectivity index (χ2v) is 15.4. The SMILES string of the molecule is C/C=C(/C)C(=O)O[C@H]1CC[C@@]2(C)[C@@H]3CC[C@H]4[C@]5(O)[C@@H](O)[C@H](O)[C@H]6[C@@H](CN7C[C@@H](C)CC[C@H]7[C@@]6(C)O)[C@@H]5C[C@@]42O[C@@]13O. The summed E-state index contributed by atoms with van der Waals surface area (Å²) in [6.07, 6.45) is 2.61. The molecule has 0 radical (unpaired) electrons. The van der Waals surface area contributed by atoms with Crippen LogP contribution >= 0.6 is 0 Å². The number of esters is 1. The largest absolute Gasteiger partial charge is 0.453 e. The lowest BCUT2D eigenvalue weighted by Gasteiger charge is -2.63. The minimum absolute atomic E-state index is 0.101. The molecule has 230 valence electrons. The van der Waals surface area contributed by atoms with E-state index in [0.29, 0.717) is 50.1 Å². The van der Waals surface area contributed by atoms with Crippen molar-refractivity contribution in [1.29, 1.82) is 0 Å². The van der Waals surface area contributed by atoms with Gasteiger partial charge in [0.05, 0.1) is 17.3 Å². The van der Waals surface area contributed by atoms with Crippen molar-refractivity contribution in [1.82, 2.24) is 4.90 Å². The number of rotatable bonds is 2. The molecule has 4 saturated carbocycles. The zero-order chi connectivity index (χ0) is 29.5. The Kier molecular flexibility index (Phi) is 6.13. The van der Waals surface area contributed by atoms with Gasteiger partial charge in [0.25, 0.3) is 0 Å². The van der Waals surface area contributed by atoms with Crippen LogP contribution in [-0.4, -0.2) is 96.4 Å². The second kappa shape index (κ2) is 8.77. The monoisotopic (exact) mass is 575 g/mol. The highest BCUT2D eigenvalue weighted by molar-refractivity contribution is 5.87. The highest BCUT2D eigenvalue weighted by atomic mass is 16.7. The van der Waals surface area contributed by atoms with Crippen molar-refractivity contribution >= 4 is 5.97 Å². The number of carbonyl (C=O) groups is 1. The fourth-order valence-corrected chi connectivity index (χ4v) is 11.9. The maximum atomic E-state index is 12.8. The third kappa shape index (κ3) is 3.30. The van der Waals surface area contributed by atoms with Crippen molar-refractivity contribution in [3.05, 3.63) is 11.6 Å². The summed E-state index contributed by atoms with van der Waals surface area (Å²) in [5.41, 5.74) is -3.83. The first-order valence-corrected chi connectivity index (χ1v) is 16.0. The van der Waals surface area contributed by atoms with Crippen LogP contribution in [0.3, 0.4) is 0 Å².